The van der Waals surface area contributed by atoms with E-state index in [1.54, 1.807) is 11.1 Å². The Hall–Kier alpha value is -0.520. The molecule has 4 aliphatic rings. The highest BCUT2D eigenvalue weighted by Gasteiger charge is 2.49. The van der Waals surface area contributed by atoms with E-state index in [2.05, 4.69) is 67.5 Å². The highest BCUT2D eigenvalue weighted by atomic mass is 14.5. The van der Waals surface area contributed by atoms with Crippen LogP contribution in [0.1, 0.15) is 120 Å². The summed E-state index contributed by atoms with van der Waals surface area (Å²) in [7, 11) is 0. The van der Waals surface area contributed by atoms with Crippen LogP contribution in [-0.4, -0.2) is 0 Å². The van der Waals surface area contributed by atoms with E-state index in [-0.39, 0.29) is 0 Å². The molecular formula is C30H52. The molecule has 0 spiro atoms. The minimum absolute atomic E-state index is 0.629. The Kier molecular flexibility index (Phi) is 7.67. The molecule has 0 aromatic rings. The maximum atomic E-state index is 2.48. The van der Waals surface area contributed by atoms with Crippen molar-refractivity contribution >= 4 is 0 Å². The van der Waals surface area contributed by atoms with Gasteiger partial charge in [0.25, 0.3) is 0 Å². The fourth-order valence-electron chi connectivity index (χ4n) is 7.63. The number of allylic oxidation sites excluding steroid dienone is 4. The Morgan fingerprint density at radius 2 is 1.00 bits per heavy atom. The van der Waals surface area contributed by atoms with E-state index < -0.39 is 0 Å². The molecule has 0 radical (unpaired) electrons. The van der Waals surface area contributed by atoms with Crippen molar-refractivity contribution < 1.29 is 0 Å². The summed E-state index contributed by atoms with van der Waals surface area (Å²) in [5.74, 6) is 5.94. The molecule has 2 fully saturated rings. The molecule has 0 N–H and O–H groups in total. The average Bonchev–Trinajstić information content (AvgIpc) is 2.73. The highest BCUT2D eigenvalue weighted by Crippen LogP contribution is 2.57. The fourth-order valence-corrected chi connectivity index (χ4v) is 7.63. The average molecular weight is 413 g/mol. The largest absolute Gasteiger partial charge is 0.0856 e. The topological polar surface area (TPSA) is 0 Å². The van der Waals surface area contributed by atoms with Crippen molar-refractivity contribution in [3.05, 3.63) is 23.3 Å². The van der Waals surface area contributed by atoms with Crippen LogP contribution in [0.5, 0.6) is 0 Å². The SMILES string of the molecule is C/C1=C\CC[C@@H](C)[C@H]2CC(C)(C)[C@@H]2CC1.C/C1=C\CC[C@H](C)[C@H]2CC(C)(C)[C@@H]2CC1. The van der Waals surface area contributed by atoms with Crippen LogP contribution in [0, 0.1) is 46.3 Å². The first-order valence-electron chi connectivity index (χ1n) is 13.3. The van der Waals surface area contributed by atoms with Crippen LogP contribution in [-0.2, 0) is 0 Å². The summed E-state index contributed by atoms with van der Waals surface area (Å²) in [5, 5.41) is 0. The van der Waals surface area contributed by atoms with Crippen molar-refractivity contribution in [2.75, 3.05) is 0 Å². The van der Waals surface area contributed by atoms with E-state index in [1.807, 2.05) is 0 Å². The third-order valence-corrected chi connectivity index (χ3v) is 9.96. The molecule has 0 saturated heterocycles. The minimum atomic E-state index is 0.629. The molecule has 0 unspecified atom stereocenters. The summed E-state index contributed by atoms with van der Waals surface area (Å²) in [6, 6.07) is 0. The molecule has 0 aliphatic heterocycles. The molecule has 0 nitrogen and oxygen atoms in total. The lowest BCUT2D eigenvalue weighted by Gasteiger charge is -2.54. The lowest BCUT2D eigenvalue weighted by molar-refractivity contribution is -0.0483. The maximum Gasteiger partial charge on any atom is -0.0320 e. The number of hydrogen-bond donors (Lipinski definition) is 0. The fraction of sp³-hybridized carbons (Fsp3) is 0.867. The van der Waals surface area contributed by atoms with Crippen molar-refractivity contribution in [3.8, 4) is 0 Å². The van der Waals surface area contributed by atoms with E-state index in [1.165, 1.54) is 64.2 Å². The van der Waals surface area contributed by atoms with E-state index in [4.69, 9.17) is 0 Å². The Balaban J connectivity index is 0.000000171. The Morgan fingerprint density at radius 3 is 1.33 bits per heavy atom. The lowest BCUT2D eigenvalue weighted by atomic mass is 9.51. The zero-order chi connectivity index (χ0) is 22.1. The first kappa shape index (κ1) is 24.1. The van der Waals surface area contributed by atoms with Crippen molar-refractivity contribution in [1.29, 1.82) is 0 Å². The van der Waals surface area contributed by atoms with Gasteiger partial charge in [0, 0.05) is 0 Å². The van der Waals surface area contributed by atoms with E-state index >= 15 is 0 Å². The van der Waals surface area contributed by atoms with Gasteiger partial charge in [-0.15, -0.1) is 0 Å². The molecule has 0 amide bonds. The smallest absolute Gasteiger partial charge is 0.0320 e. The van der Waals surface area contributed by atoms with Crippen LogP contribution in [0.3, 0.4) is 0 Å². The summed E-state index contributed by atoms with van der Waals surface area (Å²) < 4.78 is 0. The second-order valence-electron chi connectivity index (χ2n) is 13.2. The number of hydrogen-bond acceptors (Lipinski definition) is 0. The second kappa shape index (κ2) is 9.54. The summed E-state index contributed by atoms with van der Waals surface area (Å²) in [6.45, 7) is 19.5. The van der Waals surface area contributed by atoms with Gasteiger partial charge in [-0.2, -0.15) is 0 Å². The van der Waals surface area contributed by atoms with Gasteiger partial charge in [0.2, 0.25) is 0 Å². The zero-order valence-electron chi connectivity index (χ0n) is 21.7. The summed E-state index contributed by atoms with van der Waals surface area (Å²) >= 11 is 0. The molecular weight excluding hydrogens is 360 g/mol. The van der Waals surface area contributed by atoms with Gasteiger partial charge >= 0.3 is 0 Å². The van der Waals surface area contributed by atoms with Crippen molar-refractivity contribution in [2.45, 2.75) is 120 Å². The Morgan fingerprint density at radius 1 is 0.633 bits per heavy atom. The normalized spacial score (nSPS) is 43.7. The Bertz CT molecular complexity index is 574. The second-order valence-corrected chi connectivity index (χ2v) is 13.2. The van der Waals surface area contributed by atoms with Crippen molar-refractivity contribution in [2.24, 2.45) is 46.3 Å². The van der Waals surface area contributed by atoms with Gasteiger partial charge < -0.3 is 0 Å². The molecule has 4 rings (SSSR count). The molecule has 172 valence electrons. The van der Waals surface area contributed by atoms with Crippen LogP contribution >= 0.6 is 0 Å². The Labute approximate surface area is 189 Å². The third-order valence-electron chi connectivity index (χ3n) is 9.96. The van der Waals surface area contributed by atoms with Crippen LogP contribution < -0.4 is 0 Å². The maximum absolute atomic E-state index is 2.48. The van der Waals surface area contributed by atoms with Crippen LogP contribution in [0.2, 0.25) is 0 Å². The number of rotatable bonds is 0. The van der Waals surface area contributed by atoms with Crippen molar-refractivity contribution in [3.63, 3.8) is 0 Å². The van der Waals surface area contributed by atoms with E-state index in [0.29, 0.717) is 10.8 Å². The predicted molar refractivity (Wildman–Crippen MR) is 134 cm³/mol. The lowest BCUT2D eigenvalue weighted by Crippen LogP contribution is -2.46. The molecule has 0 bridgehead atoms. The molecule has 0 aromatic carbocycles. The van der Waals surface area contributed by atoms with Gasteiger partial charge in [-0.1, -0.05) is 64.8 Å². The molecule has 2 saturated carbocycles. The van der Waals surface area contributed by atoms with Crippen LogP contribution in [0.25, 0.3) is 0 Å². The van der Waals surface area contributed by atoms with Gasteiger partial charge in [0.1, 0.15) is 0 Å². The third kappa shape index (κ3) is 5.45. The summed E-state index contributed by atoms with van der Waals surface area (Å²) in [4.78, 5) is 0. The van der Waals surface area contributed by atoms with E-state index in [9.17, 15) is 0 Å². The van der Waals surface area contributed by atoms with Gasteiger partial charge in [0.15, 0.2) is 0 Å². The minimum Gasteiger partial charge on any atom is -0.0856 e. The molecule has 0 heterocycles. The highest BCUT2D eigenvalue weighted by molar-refractivity contribution is 5.06. The first-order chi connectivity index (χ1) is 14.0. The van der Waals surface area contributed by atoms with Gasteiger partial charge in [-0.25, -0.2) is 0 Å². The van der Waals surface area contributed by atoms with Gasteiger partial charge in [-0.05, 0) is 124 Å². The zero-order valence-corrected chi connectivity index (χ0v) is 21.7. The van der Waals surface area contributed by atoms with Gasteiger partial charge in [-0.3, -0.25) is 0 Å². The molecule has 30 heavy (non-hydrogen) atoms. The van der Waals surface area contributed by atoms with Crippen LogP contribution in [0.15, 0.2) is 23.3 Å². The van der Waals surface area contributed by atoms with Crippen LogP contribution in [0.4, 0.5) is 0 Å². The predicted octanol–water partition coefficient (Wildman–Crippen LogP) is 9.61. The number of fused-ring (bicyclic) bond motifs is 2. The molecule has 0 aromatic heterocycles. The molecule has 4 aliphatic carbocycles. The quantitative estimate of drug-likeness (QED) is 0.347. The molecule has 6 atom stereocenters. The molecule has 0 heteroatoms. The first-order valence-corrected chi connectivity index (χ1v) is 13.3. The standard InChI is InChI=1S/2C15H26/c2*1-11-6-5-7-12(2)13-10-15(3,4)14(13)9-8-11/h2*6,12-14H,5,7-10H2,1-4H3/b2*11-6+/t12-,13+,14+;12-,13-,14-/m01/s1. The van der Waals surface area contributed by atoms with Gasteiger partial charge in [0.05, 0.1) is 0 Å². The summed E-state index contributed by atoms with van der Waals surface area (Å²) in [5.41, 5.74) is 4.52. The van der Waals surface area contributed by atoms with Crippen molar-refractivity contribution in [1.82, 2.24) is 0 Å². The monoisotopic (exact) mass is 412 g/mol. The van der Waals surface area contributed by atoms with E-state index in [0.717, 1.165) is 35.5 Å². The summed E-state index contributed by atoms with van der Waals surface area (Å²) in [6.07, 6.45) is 18.9.